The van der Waals surface area contributed by atoms with Gasteiger partial charge >= 0.3 is 0 Å². The maximum atomic E-state index is 13.1. The summed E-state index contributed by atoms with van der Waals surface area (Å²) in [6.45, 7) is -0.0317. The van der Waals surface area contributed by atoms with Crippen molar-refractivity contribution in [1.29, 1.82) is 0 Å². The number of rotatable bonds is 4. The largest absolute Gasteiger partial charge is 0.505 e. The molecule has 0 radical (unpaired) electrons. The van der Waals surface area contributed by atoms with Crippen LogP contribution in [0.5, 0.6) is 5.75 Å². The van der Waals surface area contributed by atoms with Crippen LogP contribution in [0.1, 0.15) is 5.56 Å². The first-order valence-corrected chi connectivity index (χ1v) is 5.63. The molecule has 0 amide bonds. The van der Waals surface area contributed by atoms with Crippen LogP contribution in [-0.4, -0.2) is 10.0 Å². The van der Waals surface area contributed by atoms with Crippen molar-refractivity contribution in [2.45, 2.75) is 6.54 Å². The second kappa shape index (κ2) is 5.52. The number of benzene rings is 2. The zero-order chi connectivity index (χ0) is 14.7. The second-order valence-electron chi connectivity index (χ2n) is 4.02. The van der Waals surface area contributed by atoms with Crippen molar-refractivity contribution >= 4 is 11.4 Å². The summed E-state index contributed by atoms with van der Waals surface area (Å²) in [5, 5.41) is 23.0. The van der Waals surface area contributed by atoms with E-state index in [0.29, 0.717) is 0 Å². The molecule has 0 aliphatic rings. The molecule has 0 spiro atoms. The number of nitrogens with zero attached hydrogens (tertiary/aromatic N) is 1. The van der Waals surface area contributed by atoms with E-state index in [4.69, 9.17) is 0 Å². The summed E-state index contributed by atoms with van der Waals surface area (Å²) in [7, 11) is 0. The lowest BCUT2D eigenvalue weighted by Crippen LogP contribution is -2.03. The summed E-state index contributed by atoms with van der Waals surface area (Å²) in [5.74, 6) is -2.03. The minimum atomic E-state index is -0.780. The molecule has 7 heteroatoms. The summed E-state index contributed by atoms with van der Waals surface area (Å²) in [6.07, 6.45) is 0. The summed E-state index contributed by atoms with van der Waals surface area (Å²) < 4.78 is 26.1. The number of nitrogens with one attached hydrogen (secondary N) is 1. The number of phenolic OH excluding ortho intramolecular Hbond substituents is 1. The maximum Gasteiger partial charge on any atom is 0.295 e. The molecule has 0 aliphatic carbocycles. The van der Waals surface area contributed by atoms with E-state index in [9.17, 15) is 24.0 Å². The molecule has 2 rings (SSSR count). The molecule has 5 nitrogen and oxygen atoms in total. The molecule has 0 saturated heterocycles. The van der Waals surface area contributed by atoms with Crippen LogP contribution in [0.3, 0.4) is 0 Å². The van der Waals surface area contributed by atoms with Crippen LogP contribution in [0.25, 0.3) is 0 Å². The van der Waals surface area contributed by atoms with Crippen LogP contribution < -0.4 is 5.32 Å². The van der Waals surface area contributed by atoms with Gasteiger partial charge in [-0.1, -0.05) is 12.1 Å². The van der Waals surface area contributed by atoms with E-state index in [2.05, 4.69) is 5.32 Å². The number of aromatic hydroxyl groups is 1. The smallest absolute Gasteiger partial charge is 0.295 e. The van der Waals surface area contributed by atoms with Crippen LogP contribution >= 0.6 is 0 Å². The van der Waals surface area contributed by atoms with E-state index >= 15 is 0 Å². The summed E-state index contributed by atoms with van der Waals surface area (Å²) in [5.41, 5.74) is -0.107. The Hall–Kier alpha value is -2.70. The topological polar surface area (TPSA) is 75.4 Å². The zero-order valence-corrected chi connectivity index (χ0v) is 10.1. The highest BCUT2D eigenvalue weighted by Gasteiger charge is 2.15. The van der Waals surface area contributed by atoms with Crippen LogP contribution in [0.4, 0.5) is 20.2 Å². The fourth-order valence-electron chi connectivity index (χ4n) is 1.70. The van der Waals surface area contributed by atoms with Gasteiger partial charge in [0.05, 0.1) is 11.0 Å². The second-order valence-corrected chi connectivity index (χ2v) is 4.02. The first kappa shape index (κ1) is 13.7. The van der Waals surface area contributed by atoms with Crippen LogP contribution in [0, 0.1) is 21.7 Å². The molecule has 0 aromatic heterocycles. The Morgan fingerprint density at radius 1 is 1.25 bits per heavy atom. The summed E-state index contributed by atoms with van der Waals surface area (Å²) >= 11 is 0. The average Bonchev–Trinajstić information content (AvgIpc) is 2.41. The van der Waals surface area contributed by atoms with Crippen LogP contribution in [0.2, 0.25) is 0 Å². The van der Waals surface area contributed by atoms with Gasteiger partial charge in [-0.2, -0.15) is 0 Å². The number of nitro benzene ring substituents is 1. The number of anilines is 1. The van der Waals surface area contributed by atoms with Gasteiger partial charge in [-0.3, -0.25) is 10.1 Å². The zero-order valence-electron chi connectivity index (χ0n) is 10.1. The molecule has 2 N–H and O–H groups in total. The van der Waals surface area contributed by atoms with Crippen LogP contribution in [0.15, 0.2) is 36.4 Å². The molecule has 0 unspecified atom stereocenters. The third kappa shape index (κ3) is 2.82. The number of para-hydroxylation sites is 1. The Balaban J connectivity index is 2.23. The molecule has 20 heavy (non-hydrogen) atoms. The molecule has 0 bridgehead atoms. The average molecular weight is 280 g/mol. The van der Waals surface area contributed by atoms with Crippen molar-refractivity contribution in [1.82, 2.24) is 0 Å². The summed E-state index contributed by atoms with van der Waals surface area (Å²) in [6, 6.07) is 7.05. The van der Waals surface area contributed by atoms with E-state index in [0.717, 1.165) is 18.2 Å². The Kier molecular flexibility index (Phi) is 3.79. The molecule has 0 heterocycles. The van der Waals surface area contributed by atoms with Gasteiger partial charge < -0.3 is 10.4 Å². The van der Waals surface area contributed by atoms with E-state index in [1.54, 1.807) is 0 Å². The van der Waals surface area contributed by atoms with E-state index in [-0.39, 0.29) is 17.8 Å². The molecular weight excluding hydrogens is 270 g/mol. The Bertz CT molecular complexity index is 662. The monoisotopic (exact) mass is 280 g/mol. The SMILES string of the molecule is O=[N+]([O-])c1cc(F)ccc1NCc1cccc(F)c1O. The number of phenols is 1. The van der Waals surface area contributed by atoms with Gasteiger partial charge in [-0.05, 0) is 18.2 Å². The molecular formula is C13H10F2N2O3. The number of nitro groups is 1. The van der Waals surface area contributed by atoms with Gasteiger partial charge in [-0.25, -0.2) is 8.78 Å². The highest BCUT2D eigenvalue weighted by Crippen LogP contribution is 2.27. The fraction of sp³-hybridized carbons (Fsp3) is 0.0769. The lowest BCUT2D eigenvalue weighted by Gasteiger charge is -2.09. The highest BCUT2D eigenvalue weighted by molar-refractivity contribution is 5.61. The standard InChI is InChI=1S/C13H10F2N2O3/c14-9-4-5-11(12(6-9)17(19)20)16-7-8-2-1-3-10(15)13(8)18/h1-6,16,18H,7H2. The van der Waals surface area contributed by atoms with Gasteiger partial charge in [0.15, 0.2) is 11.6 Å². The first-order chi connectivity index (χ1) is 9.49. The number of halogens is 2. The predicted octanol–water partition coefficient (Wildman–Crippen LogP) is 3.19. The van der Waals surface area contributed by atoms with Crippen molar-refractivity contribution in [3.05, 3.63) is 63.7 Å². The van der Waals surface area contributed by atoms with Crippen LogP contribution in [-0.2, 0) is 6.54 Å². The quantitative estimate of drug-likeness (QED) is 0.666. The molecule has 2 aromatic rings. The van der Waals surface area contributed by atoms with Crippen molar-refractivity contribution in [2.75, 3.05) is 5.32 Å². The maximum absolute atomic E-state index is 13.1. The Morgan fingerprint density at radius 2 is 2.00 bits per heavy atom. The van der Waals surface area contributed by atoms with Gasteiger partial charge in [0.25, 0.3) is 5.69 Å². The predicted molar refractivity (Wildman–Crippen MR) is 68.4 cm³/mol. The van der Waals surface area contributed by atoms with Crippen molar-refractivity contribution in [2.24, 2.45) is 0 Å². The minimum Gasteiger partial charge on any atom is -0.505 e. The third-order valence-electron chi connectivity index (χ3n) is 2.70. The third-order valence-corrected chi connectivity index (χ3v) is 2.70. The van der Waals surface area contributed by atoms with E-state index in [1.165, 1.54) is 18.2 Å². The van der Waals surface area contributed by atoms with Gasteiger partial charge in [-0.15, -0.1) is 0 Å². The van der Waals surface area contributed by atoms with Gasteiger partial charge in [0.2, 0.25) is 0 Å². The molecule has 2 aromatic carbocycles. The molecule has 0 fully saturated rings. The fourth-order valence-corrected chi connectivity index (χ4v) is 1.70. The van der Waals surface area contributed by atoms with Crippen molar-refractivity contribution in [3.8, 4) is 5.75 Å². The Morgan fingerprint density at radius 3 is 2.70 bits per heavy atom. The summed E-state index contributed by atoms with van der Waals surface area (Å²) in [4.78, 5) is 10.1. The number of hydrogen-bond donors (Lipinski definition) is 2. The minimum absolute atomic E-state index is 0.0317. The molecule has 104 valence electrons. The molecule has 0 saturated carbocycles. The molecule has 0 atom stereocenters. The Labute approximate surface area is 112 Å². The lowest BCUT2D eigenvalue weighted by atomic mass is 10.2. The van der Waals surface area contributed by atoms with E-state index < -0.39 is 28.0 Å². The van der Waals surface area contributed by atoms with E-state index in [1.807, 2.05) is 0 Å². The highest BCUT2D eigenvalue weighted by atomic mass is 19.1. The van der Waals surface area contributed by atoms with Crippen molar-refractivity contribution in [3.63, 3.8) is 0 Å². The van der Waals surface area contributed by atoms with Gasteiger partial charge in [0.1, 0.15) is 11.5 Å². The normalized spacial score (nSPS) is 10.3. The number of hydrogen-bond acceptors (Lipinski definition) is 4. The van der Waals surface area contributed by atoms with Gasteiger partial charge in [0, 0.05) is 12.1 Å². The lowest BCUT2D eigenvalue weighted by molar-refractivity contribution is -0.384. The van der Waals surface area contributed by atoms with Crippen molar-refractivity contribution < 1.29 is 18.8 Å². The first-order valence-electron chi connectivity index (χ1n) is 5.63. The molecule has 0 aliphatic heterocycles.